The summed E-state index contributed by atoms with van der Waals surface area (Å²) < 4.78 is 39.6. The Balaban J connectivity index is 2.01. The second kappa shape index (κ2) is 4.94. The van der Waals surface area contributed by atoms with Crippen molar-refractivity contribution in [1.29, 1.82) is 0 Å². The molecule has 2 nitrogen and oxygen atoms in total. The van der Waals surface area contributed by atoms with Gasteiger partial charge < -0.3 is 0 Å². The molecule has 1 fully saturated rings. The molecule has 1 heterocycles. The molecule has 0 aliphatic heterocycles. The molecule has 102 valence electrons. The van der Waals surface area contributed by atoms with Crippen LogP contribution in [0.15, 0.2) is 6.20 Å². The molecule has 1 aromatic rings. The number of aromatic nitrogens is 2. The van der Waals surface area contributed by atoms with Gasteiger partial charge in [-0.3, -0.25) is 4.68 Å². The minimum absolute atomic E-state index is 0.141. The van der Waals surface area contributed by atoms with Gasteiger partial charge in [-0.15, -0.1) is 0 Å². The lowest BCUT2D eigenvalue weighted by Gasteiger charge is -2.29. The molecule has 0 spiro atoms. The third kappa shape index (κ3) is 2.70. The lowest BCUT2D eigenvalue weighted by atomic mass is 9.86. The predicted octanol–water partition coefficient (Wildman–Crippen LogP) is 4.05. The van der Waals surface area contributed by atoms with E-state index in [9.17, 15) is 13.2 Å². The molecule has 1 aliphatic rings. The minimum atomic E-state index is -4.03. The average Bonchev–Trinajstić information content (AvgIpc) is 2.69. The number of hydrogen-bond acceptors (Lipinski definition) is 1. The van der Waals surface area contributed by atoms with E-state index in [1.54, 1.807) is 0 Å². The van der Waals surface area contributed by atoms with Crippen molar-refractivity contribution in [2.45, 2.75) is 58.2 Å². The lowest BCUT2D eigenvalue weighted by molar-refractivity contribution is -0.183. The smallest absolute Gasteiger partial charge is 0.269 e. The zero-order valence-corrected chi connectivity index (χ0v) is 10.8. The van der Waals surface area contributed by atoms with Crippen LogP contribution in [0, 0.1) is 12.8 Å². The van der Waals surface area contributed by atoms with Crippen molar-refractivity contribution in [2.24, 2.45) is 5.92 Å². The Morgan fingerprint density at radius 3 is 2.33 bits per heavy atom. The van der Waals surface area contributed by atoms with Crippen molar-refractivity contribution >= 4 is 0 Å². The van der Waals surface area contributed by atoms with Crippen LogP contribution in [0.2, 0.25) is 0 Å². The first-order chi connectivity index (χ1) is 8.41. The van der Waals surface area contributed by atoms with Crippen LogP contribution in [0.5, 0.6) is 0 Å². The van der Waals surface area contributed by atoms with E-state index in [4.69, 9.17) is 0 Å². The molecule has 5 heteroatoms. The summed E-state index contributed by atoms with van der Waals surface area (Å²) in [5, 5.41) is 4.43. The molecule has 0 bridgehead atoms. The van der Waals surface area contributed by atoms with Crippen LogP contribution in [0.1, 0.15) is 49.9 Å². The lowest BCUT2D eigenvalue weighted by Crippen LogP contribution is -2.28. The molecule has 0 unspecified atom stereocenters. The molecular formula is C13H19F3N2. The molecule has 0 N–H and O–H groups in total. The maximum Gasteiger partial charge on any atom is 0.391 e. The van der Waals surface area contributed by atoms with Crippen LogP contribution in [0.25, 0.3) is 0 Å². The van der Waals surface area contributed by atoms with Crippen LogP contribution in [-0.2, 0) is 6.42 Å². The number of nitrogens with zero attached hydrogens (tertiary/aromatic N) is 2. The second-order valence-electron chi connectivity index (χ2n) is 5.12. The van der Waals surface area contributed by atoms with Gasteiger partial charge in [-0.1, -0.05) is 6.92 Å². The van der Waals surface area contributed by atoms with Crippen LogP contribution in [0.3, 0.4) is 0 Å². The normalized spacial score (nSPS) is 25.4. The van der Waals surface area contributed by atoms with E-state index in [1.807, 2.05) is 17.8 Å². The molecular weight excluding hydrogens is 241 g/mol. The third-order valence-corrected chi connectivity index (χ3v) is 3.93. The number of rotatable bonds is 2. The monoisotopic (exact) mass is 260 g/mol. The number of hydrogen-bond donors (Lipinski definition) is 0. The van der Waals surface area contributed by atoms with Crippen LogP contribution >= 0.6 is 0 Å². The summed E-state index contributed by atoms with van der Waals surface area (Å²) in [5.41, 5.74) is 2.18. The van der Waals surface area contributed by atoms with Crippen LogP contribution < -0.4 is 0 Å². The van der Waals surface area contributed by atoms with Crippen molar-refractivity contribution in [2.75, 3.05) is 0 Å². The van der Waals surface area contributed by atoms with Gasteiger partial charge in [0, 0.05) is 6.20 Å². The van der Waals surface area contributed by atoms with Crippen molar-refractivity contribution in [3.05, 3.63) is 17.5 Å². The maximum atomic E-state index is 12.6. The predicted molar refractivity (Wildman–Crippen MR) is 63.4 cm³/mol. The van der Waals surface area contributed by atoms with Gasteiger partial charge >= 0.3 is 6.18 Å². The summed E-state index contributed by atoms with van der Waals surface area (Å²) in [6, 6.07) is 0.141. The highest BCUT2D eigenvalue weighted by Crippen LogP contribution is 2.40. The standard InChI is InChI=1S/C13H19F3N2/c1-3-10-8-18(17-9(10)2)12-6-4-11(5-7-12)13(14,15)16/h8,11-12H,3-7H2,1-2H3. The van der Waals surface area contributed by atoms with E-state index in [1.165, 1.54) is 5.56 Å². The van der Waals surface area contributed by atoms with Gasteiger partial charge in [0.25, 0.3) is 0 Å². The van der Waals surface area contributed by atoms with E-state index < -0.39 is 12.1 Å². The largest absolute Gasteiger partial charge is 0.391 e. The highest BCUT2D eigenvalue weighted by Gasteiger charge is 2.41. The first-order valence-electron chi connectivity index (χ1n) is 6.53. The quantitative estimate of drug-likeness (QED) is 0.784. The van der Waals surface area contributed by atoms with Gasteiger partial charge in [0.2, 0.25) is 0 Å². The molecule has 18 heavy (non-hydrogen) atoms. The topological polar surface area (TPSA) is 17.8 Å². The number of aryl methyl sites for hydroxylation is 2. The minimum Gasteiger partial charge on any atom is -0.269 e. The summed E-state index contributed by atoms with van der Waals surface area (Å²) in [5.74, 6) is -1.11. The molecule has 2 rings (SSSR count). The van der Waals surface area contributed by atoms with Gasteiger partial charge in [0.15, 0.2) is 0 Å². The summed E-state index contributed by atoms with van der Waals surface area (Å²) in [6.45, 7) is 4.02. The van der Waals surface area contributed by atoms with Gasteiger partial charge in [-0.2, -0.15) is 18.3 Å². The van der Waals surface area contributed by atoms with Gasteiger partial charge in [0.1, 0.15) is 0 Å². The fourth-order valence-corrected chi connectivity index (χ4v) is 2.72. The molecule has 0 saturated heterocycles. The molecule has 0 atom stereocenters. The van der Waals surface area contributed by atoms with Crippen molar-refractivity contribution in [3.63, 3.8) is 0 Å². The maximum absolute atomic E-state index is 12.6. The summed E-state index contributed by atoms with van der Waals surface area (Å²) in [7, 11) is 0. The molecule has 0 radical (unpaired) electrons. The first kappa shape index (κ1) is 13.4. The Kier molecular flexibility index (Phi) is 3.69. The highest BCUT2D eigenvalue weighted by molar-refractivity contribution is 5.15. The molecule has 0 aromatic carbocycles. The number of alkyl halides is 3. The molecule has 1 aliphatic carbocycles. The summed E-state index contributed by atoms with van der Waals surface area (Å²) in [4.78, 5) is 0. The third-order valence-electron chi connectivity index (χ3n) is 3.93. The summed E-state index contributed by atoms with van der Waals surface area (Å²) >= 11 is 0. The SMILES string of the molecule is CCc1cn(C2CCC(C(F)(F)F)CC2)nc1C. The Hall–Kier alpha value is -1.00. The Labute approximate surface area is 105 Å². The summed E-state index contributed by atoms with van der Waals surface area (Å²) in [6.07, 6.45) is 0.503. The Morgan fingerprint density at radius 2 is 1.89 bits per heavy atom. The van der Waals surface area contributed by atoms with Gasteiger partial charge in [-0.05, 0) is 44.6 Å². The van der Waals surface area contributed by atoms with Crippen molar-refractivity contribution in [3.8, 4) is 0 Å². The van der Waals surface area contributed by atoms with E-state index >= 15 is 0 Å². The highest BCUT2D eigenvalue weighted by atomic mass is 19.4. The number of halogens is 3. The van der Waals surface area contributed by atoms with Crippen molar-refractivity contribution in [1.82, 2.24) is 9.78 Å². The average molecular weight is 260 g/mol. The van der Waals surface area contributed by atoms with Crippen LogP contribution in [0.4, 0.5) is 13.2 Å². The van der Waals surface area contributed by atoms with Crippen molar-refractivity contribution < 1.29 is 13.2 Å². The van der Waals surface area contributed by atoms with Crippen LogP contribution in [-0.4, -0.2) is 16.0 Å². The molecule has 1 saturated carbocycles. The first-order valence-corrected chi connectivity index (χ1v) is 6.53. The molecule has 1 aromatic heterocycles. The fourth-order valence-electron chi connectivity index (χ4n) is 2.72. The van der Waals surface area contributed by atoms with Gasteiger partial charge in [-0.25, -0.2) is 0 Å². The van der Waals surface area contributed by atoms with E-state index in [0.717, 1.165) is 12.1 Å². The second-order valence-corrected chi connectivity index (χ2v) is 5.12. The fraction of sp³-hybridized carbons (Fsp3) is 0.769. The zero-order chi connectivity index (χ0) is 13.3. The van der Waals surface area contributed by atoms with E-state index in [-0.39, 0.29) is 18.9 Å². The Bertz CT molecular complexity index is 401. The van der Waals surface area contributed by atoms with E-state index in [0.29, 0.717) is 12.8 Å². The zero-order valence-electron chi connectivity index (χ0n) is 10.8. The Morgan fingerprint density at radius 1 is 1.28 bits per heavy atom. The molecule has 0 amide bonds. The van der Waals surface area contributed by atoms with E-state index in [2.05, 4.69) is 12.0 Å². The van der Waals surface area contributed by atoms with Gasteiger partial charge in [0.05, 0.1) is 17.7 Å².